The Balaban J connectivity index is 1.34. The highest BCUT2D eigenvalue weighted by molar-refractivity contribution is 8.00. The molecule has 0 spiro atoms. The fraction of sp³-hybridized carbons (Fsp3) is 0.160. The Kier molecular flexibility index (Phi) is 7.27. The maximum Gasteiger partial charge on any atom is 0.239 e. The van der Waals surface area contributed by atoms with Crippen LogP contribution in [0.4, 0.5) is 16.5 Å². The summed E-state index contributed by atoms with van der Waals surface area (Å²) in [5.41, 5.74) is 5.06. The summed E-state index contributed by atoms with van der Waals surface area (Å²) in [6.07, 6.45) is 0. The van der Waals surface area contributed by atoms with Crippen LogP contribution in [-0.2, 0) is 4.79 Å². The first-order chi connectivity index (χ1) is 15.9. The molecule has 1 atom stereocenters. The van der Waals surface area contributed by atoms with E-state index in [0.29, 0.717) is 10.2 Å². The van der Waals surface area contributed by atoms with Crippen LogP contribution in [0.5, 0.6) is 0 Å². The second kappa shape index (κ2) is 10.3. The molecule has 3 N–H and O–H groups in total. The maximum absolute atomic E-state index is 12.7. The van der Waals surface area contributed by atoms with Crippen molar-refractivity contribution in [1.29, 1.82) is 0 Å². The first-order valence-electron chi connectivity index (χ1n) is 10.5. The fourth-order valence-electron chi connectivity index (χ4n) is 3.13. The van der Waals surface area contributed by atoms with Crippen molar-refractivity contribution in [3.63, 3.8) is 0 Å². The lowest BCUT2D eigenvalue weighted by Crippen LogP contribution is -2.22. The Morgan fingerprint density at radius 1 is 0.939 bits per heavy atom. The fourth-order valence-corrected chi connectivity index (χ4v) is 5.26. The second-order valence-corrected chi connectivity index (χ2v) is 10.6. The van der Waals surface area contributed by atoms with E-state index in [1.807, 2.05) is 81.4 Å². The summed E-state index contributed by atoms with van der Waals surface area (Å²) in [4.78, 5) is 18.2. The van der Waals surface area contributed by atoms with Crippen LogP contribution in [0.3, 0.4) is 0 Å². The molecule has 0 saturated heterocycles. The monoisotopic (exact) mass is 492 g/mol. The van der Waals surface area contributed by atoms with Gasteiger partial charge in [0.15, 0.2) is 10.2 Å². The highest BCUT2D eigenvalue weighted by Gasteiger charge is 2.17. The van der Waals surface area contributed by atoms with E-state index in [1.54, 1.807) is 0 Å². The van der Waals surface area contributed by atoms with E-state index in [9.17, 15) is 4.79 Å². The molecule has 4 rings (SSSR count). The number of rotatable bonds is 6. The molecule has 1 aromatic heterocycles. The van der Waals surface area contributed by atoms with Gasteiger partial charge in [0.1, 0.15) is 0 Å². The summed E-state index contributed by atoms with van der Waals surface area (Å²) >= 11 is 8.41. The standard InChI is InChI=1S/C25H24N4OS3/c1-15-7-10-18(11-8-15)26-24(31)27-19-5-4-6-20(14-19)32-17(3)23(30)29-25-28-21-12-9-16(2)13-22(21)33-25/h4-14,17H,1-3H3,(H2,26,27,31)(H,28,29,30). The molecule has 5 nitrogen and oxygen atoms in total. The van der Waals surface area contributed by atoms with Crippen molar-refractivity contribution < 1.29 is 4.79 Å². The van der Waals surface area contributed by atoms with Crippen LogP contribution in [0.15, 0.2) is 71.6 Å². The molecular formula is C25H24N4OS3. The number of benzene rings is 3. The Bertz CT molecular complexity index is 1300. The van der Waals surface area contributed by atoms with Crippen LogP contribution in [0.1, 0.15) is 18.1 Å². The Morgan fingerprint density at radius 2 is 1.67 bits per heavy atom. The predicted molar refractivity (Wildman–Crippen MR) is 146 cm³/mol. The minimum absolute atomic E-state index is 0.0781. The maximum atomic E-state index is 12.7. The number of thiazole rings is 1. The van der Waals surface area contributed by atoms with E-state index in [4.69, 9.17) is 12.2 Å². The minimum Gasteiger partial charge on any atom is -0.332 e. The van der Waals surface area contributed by atoms with Gasteiger partial charge in [-0.3, -0.25) is 4.79 Å². The van der Waals surface area contributed by atoms with Crippen LogP contribution >= 0.6 is 35.3 Å². The van der Waals surface area contributed by atoms with E-state index >= 15 is 0 Å². The molecule has 33 heavy (non-hydrogen) atoms. The molecule has 168 valence electrons. The van der Waals surface area contributed by atoms with Crippen LogP contribution in [0, 0.1) is 13.8 Å². The number of thiocarbonyl (C=S) groups is 1. The average molecular weight is 493 g/mol. The van der Waals surface area contributed by atoms with Crippen LogP contribution in [-0.4, -0.2) is 21.3 Å². The number of carbonyl (C=O) groups excluding carboxylic acids is 1. The van der Waals surface area contributed by atoms with Gasteiger partial charge >= 0.3 is 0 Å². The average Bonchev–Trinajstić information content (AvgIpc) is 3.16. The molecule has 1 amide bonds. The van der Waals surface area contributed by atoms with Gasteiger partial charge in [-0.2, -0.15) is 0 Å². The van der Waals surface area contributed by atoms with Gasteiger partial charge in [0, 0.05) is 16.3 Å². The molecule has 1 heterocycles. The number of nitrogens with one attached hydrogen (secondary N) is 3. The number of thioether (sulfide) groups is 1. The first-order valence-corrected chi connectivity index (χ1v) is 12.6. The van der Waals surface area contributed by atoms with Crippen molar-refractivity contribution in [3.05, 3.63) is 77.9 Å². The Labute approximate surface area is 207 Å². The molecule has 0 aliphatic rings. The van der Waals surface area contributed by atoms with Gasteiger partial charge in [-0.05, 0) is 81.0 Å². The van der Waals surface area contributed by atoms with E-state index in [1.165, 1.54) is 34.2 Å². The predicted octanol–water partition coefficient (Wildman–Crippen LogP) is 6.84. The van der Waals surface area contributed by atoms with Crippen molar-refractivity contribution in [3.8, 4) is 0 Å². The van der Waals surface area contributed by atoms with E-state index < -0.39 is 0 Å². The third kappa shape index (κ3) is 6.31. The SMILES string of the molecule is Cc1ccc(NC(=S)Nc2cccc(SC(C)C(=O)Nc3nc4ccc(C)cc4s3)c2)cc1. The molecule has 0 aliphatic heterocycles. The van der Waals surface area contributed by atoms with Gasteiger partial charge in [0.2, 0.25) is 5.91 Å². The number of nitrogens with zero attached hydrogens (tertiary/aromatic N) is 1. The quantitative estimate of drug-likeness (QED) is 0.202. The number of hydrogen-bond acceptors (Lipinski definition) is 5. The number of hydrogen-bond donors (Lipinski definition) is 3. The van der Waals surface area contributed by atoms with E-state index in [0.717, 1.165) is 26.5 Å². The summed E-state index contributed by atoms with van der Waals surface area (Å²) in [5, 5.41) is 10.2. The Hall–Kier alpha value is -2.94. The summed E-state index contributed by atoms with van der Waals surface area (Å²) in [7, 11) is 0. The number of anilines is 3. The number of fused-ring (bicyclic) bond motifs is 1. The second-order valence-electron chi connectivity index (χ2n) is 7.71. The normalized spacial score (nSPS) is 11.7. The topological polar surface area (TPSA) is 66.0 Å². The third-order valence-corrected chi connectivity index (χ3v) is 7.09. The van der Waals surface area contributed by atoms with Crippen molar-refractivity contribution in [1.82, 2.24) is 4.98 Å². The summed E-state index contributed by atoms with van der Waals surface area (Å²) < 4.78 is 1.07. The molecule has 0 bridgehead atoms. The van der Waals surface area contributed by atoms with Crippen LogP contribution in [0.25, 0.3) is 10.2 Å². The van der Waals surface area contributed by atoms with Crippen molar-refractivity contribution in [2.24, 2.45) is 0 Å². The molecule has 0 aliphatic carbocycles. The van der Waals surface area contributed by atoms with E-state index in [2.05, 4.69) is 27.0 Å². The highest BCUT2D eigenvalue weighted by Crippen LogP contribution is 2.29. The van der Waals surface area contributed by atoms with Crippen molar-refractivity contribution in [2.45, 2.75) is 30.9 Å². The van der Waals surface area contributed by atoms with Gasteiger partial charge in [-0.15, -0.1) is 11.8 Å². The highest BCUT2D eigenvalue weighted by atomic mass is 32.2. The van der Waals surface area contributed by atoms with Gasteiger partial charge < -0.3 is 16.0 Å². The largest absolute Gasteiger partial charge is 0.332 e. The van der Waals surface area contributed by atoms with Crippen LogP contribution < -0.4 is 16.0 Å². The molecular weight excluding hydrogens is 469 g/mol. The first kappa shape index (κ1) is 23.2. The van der Waals surface area contributed by atoms with Crippen molar-refractivity contribution in [2.75, 3.05) is 16.0 Å². The summed E-state index contributed by atoms with van der Waals surface area (Å²) in [5.74, 6) is -0.0781. The lowest BCUT2D eigenvalue weighted by molar-refractivity contribution is -0.115. The lowest BCUT2D eigenvalue weighted by Gasteiger charge is -2.13. The molecule has 8 heteroatoms. The number of aryl methyl sites for hydroxylation is 2. The number of amides is 1. The summed E-state index contributed by atoms with van der Waals surface area (Å²) in [6, 6.07) is 22.0. The smallest absolute Gasteiger partial charge is 0.239 e. The van der Waals surface area contributed by atoms with Gasteiger partial charge in [0.05, 0.1) is 15.5 Å². The Morgan fingerprint density at radius 3 is 2.45 bits per heavy atom. The zero-order chi connectivity index (χ0) is 23.4. The van der Waals surface area contributed by atoms with Gasteiger partial charge in [0.25, 0.3) is 0 Å². The summed E-state index contributed by atoms with van der Waals surface area (Å²) in [6.45, 7) is 5.98. The number of carbonyl (C=O) groups is 1. The molecule has 0 saturated carbocycles. The van der Waals surface area contributed by atoms with Gasteiger partial charge in [-0.25, -0.2) is 4.98 Å². The van der Waals surface area contributed by atoms with E-state index in [-0.39, 0.29) is 11.2 Å². The molecule has 4 aromatic rings. The zero-order valence-corrected chi connectivity index (χ0v) is 21.0. The third-order valence-electron chi connectivity index (χ3n) is 4.86. The minimum atomic E-state index is -0.286. The molecule has 0 radical (unpaired) electrons. The molecule has 0 fully saturated rings. The van der Waals surface area contributed by atoms with Crippen LogP contribution in [0.2, 0.25) is 0 Å². The lowest BCUT2D eigenvalue weighted by atomic mass is 10.2. The number of aromatic nitrogens is 1. The molecule has 3 aromatic carbocycles. The molecule has 1 unspecified atom stereocenters. The van der Waals surface area contributed by atoms with Gasteiger partial charge in [-0.1, -0.05) is 41.2 Å². The zero-order valence-electron chi connectivity index (χ0n) is 18.5. The van der Waals surface area contributed by atoms with Crippen molar-refractivity contribution >= 4 is 73.1 Å².